The predicted octanol–water partition coefficient (Wildman–Crippen LogP) is 2.54. The number of amides is 1. The average molecular weight is 418 g/mol. The Balaban J connectivity index is 0.00000240. The Hall–Kier alpha value is -2.79. The van der Waals surface area contributed by atoms with Crippen molar-refractivity contribution >= 4 is 35.7 Å². The van der Waals surface area contributed by atoms with Crippen LogP contribution in [-0.2, 0) is 4.79 Å². The molecular formula is C21H21ClFN3O3. The number of aliphatic hydroxyl groups is 1. The van der Waals surface area contributed by atoms with Crippen LogP contribution < -0.4 is 15.4 Å². The molecule has 1 aromatic heterocycles. The molecule has 8 heteroatoms. The van der Waals surface area contributed by atoms with E-state index in [1.54, 1.807) is 18.3 Å². The van der Waals surface area contributed by atoms with Crippen molar-refractivity contribution in [2.75, 3.05) is 25.5 Å². The number of nitrogens with one attached hydrogen (secondary N) is 3. The quantitative estimate of drug-likeness (QED) is 0.447. The monoisotopic (exact) mass is 417 g/mol. The number of ether oxygens (including phenoxy) is 1. The Labute approximate surface area is 173 Å². The number of halogens is 2. The summed E-state index contributed by atoms with van der Waals surface area (Å²) in [6.07, 6.45) is 4.24. The molecule has 4 N–H and O–H groups in total. The maximum atomic E-state index is 14.7. The molecule has 4 rings (SSSR count). The van der Waals surface area contributed by atoms with Crippen LogP contribution in [0.4, 0.5) is 10.1 Å². The third kappa shape index (κ3) is 4.01. The number of fused-ring (bicyclic) bond motifs is 1. The number of methoxy groups -OCH3 is 1. The molecule has 2 aliphatic rings. The lowest BCUT2D eigenvalue weighted by Gasteiger charge is -2.27. The Morgan fingerprint density at radius 1 is 1.28 bits per heavy atom. The molecular weight excluding hydrogens is 397 g/mol. The number of rotatable bonds is 2. The van der Waals surface area contributed by atoms with E-state index in [-0.39, 0.29) is 29.5 Å². The highest BCUT2D eigenvalue weighted by molar-refractivity contribution is 6.35. The van der Waals surface area contributed by atoms with E-state index in [0.29, 0.717) is 48.6 Å². The molecule has 29 heavy (non-hydrogen) atoms. The molecule has 152 valence electrons. The minimum absolute atomic E-state index is 0. The van der Waals surface area contributed by atoms with Crippen molar-refractivity contribution in [2.45, 2.75) is 18.4 Å². The molecule has 0 radical (unpaired) electrons. The van der Waals surface area contributed by atoms with Crippen LogP contribution in [0.2, 0.25) is 0 Å². The fraction of sp³-hybridized carbons (Fsp3) is 0.286. The second kappa shape index (κ2) is 8.29. The van der Waals surface area contributed by atoms with Gasteiger partial charge < -0.3 is 25.5 Å². The first kappa shape index (κ1) is 20.9. The van der Waals surface area contributed by atoms with Crippen LogP contribution in [0.3, 0.4) is 0 Å². The van der Waals surface area contributed by atoms with Crippen LogP contribution in [-0.4, -0.2) is 41.8 Å². The molecule has 1 fully saturated rings. The van der Waals surface area contributed by atoms with E-state index in [9.17, 15) is 14.3 Å². The zero-order valence-corrected chi connectivity index (χ0v) is 16.6. The van der Waals surface area contributed by atoms with Crippen LogP contribution in [0, 0.1) is 17.7 Å². The summed E-state index contributed by atoms with van der Waals surface area (Å²) in [5.41, 5.74) is 0.705. The van der Waals surface area contributed by atoms with Crippen molar-refractivity contribution in [1.82, 2.24) is 10.3 Å². The van der Waals surface area contributed by atoms with E-state index < -0.39 is 11.4 Å². The number of benzene rings is 1. The molecule has 1 aromatic carbocycles. The molecule has 2 aromatic rings. The molecule has 0 atom stereocenters. The first-order chi connectivity index (χ1) is 13.5. The zero-order chi connectivity index (χ0) is 19.7. The number of hydrogen-bond acceptors (Lipinski definition) is 4. The van der Waals surface area contributed by atoms with Gasteiger partial charge in [-0.2, -0.15) is 0 Å². The minimum Gasteiger partial charge on any atom is -0.495 e. The highest BCUT2D eigenvalue weighted by Gasteiger charge is 2.30. The smallest absolute Gasteiger partial charge is 0.256 e. The number of aromatic amines is 1. The van der Waals surface area contributed by atoms with Gasteiger partial charge in [0.1, 0.15) is 17.2 Å². The lowest BCUT2D eigenvalue weighted by atomic mass is 9.92. The second-order valence-corrected chi connectivity index (χ2v) is 6.85. The fourth-order valence-electron chi connectivity index (χ4n) is 3.47. The van der Waals surface area contributed by atoms with Gasteiger partial charge in [0.15, 0.2) is 0 Å². The summed E-state index contributed by atoms with van der Waals surface area (Å²) in [6, 6.07) is 4.52. The van der Waals surface area contributed by atoms with Gasteiger partial charge >= 0.3 is 0 Å². The van der Waals surface area contributed by atoms with Gasteiger partial charge in [-0.25, -0.2) is 4.39 Å². The third-order valence-corrected chi connectivity index (χ3v) is 5.02. The first-order valence-electron chi connectivity index (χ1n) is 9.04. The van der Waals surface area contributed by atoms with Crippen LogP contribution >= 0.6 is 12.4 Å². The van der Waals surface area contributed by atoms with Crippen LogP contribution in [0.25, 0.3) is 11.6 Å². The molecule has 6 nitrogen and oxygen atoms in total. The molecule has 1 saturated heterocycles. The third-order valence-electron chi connectivity index (χ3n) is 5.02. The molecule has 2 aliphatic heterocycles. The van der Waals surface area contributed by atoms with Gasteiger partial charge in [0.2, 0.25) is 0 Å². The maximum Gasteiger partial charge on any atom is 0.256 e. The maximum absolute atomic E-state index is 14.7. The van der Waals surface area contributed by atoms with E-state index in [1.165, 1.54) is 19.2 Å². The number of piperidine rings is 1. The van der Waals surface area contributed by atoms with Gasteiger partial charge in [0, 0.05) is 11.8 Å². The SMILES string of the molecule is COc1cc[nH]c1C=C1C(=O)Nc2ccc(F)c(C#CC3(O)CCNCC3)c21.Cl. The zero-order valence-electron chi connectivity index (χ0n) is 15.8. The second-order valence-electron chi connectivity index (χ2n) is 6.85. The van der Waals surface area contributed by atoms with E-state index >= 15 is 0 Å². The highest BCUT2D eigenvalue weighted by Crippen LogP contribution is 2.37. The number of anilines is 1. The van der Waals surface area contributed by atoms with Gasteiger partial charge in [-0.1, -0.05) is 11.8 Å². The number of aromatic nitrogens is 1. The lowest BCUT2D eigenvalue weighted by Crippen LogP contribution is -2.40. The Bertz CT molecular complexity index is 1030. The van der Waals surface area contributed by atoms with Gasteiger partial charge in [0.05, 0.1) is 29.6 Å². The van der Waals surface area contributed by atoms with Gasteiger partial charge in [-0.15, -0.1) is 12.4 Å². The standard InChI is InChI=1S/C21H20FN3O3.ClH/c1-28-18-5-9-24-17(18)12-14-19-13(4-6-21(27)7-10-23-11-8-21)15(22)2-3-16(19)25-20(14)26;/h2-3,5,9,12,23-24,27H,7-8,10-11H2,1H3,(H,25,26);1H. The molecule has 1 amide bonds. The fourth-order valence-corrected chi connectivity index (χ4v) is 3.47. The van der Waals surface area contributed by atoms with Crippen molar-refractivity contribution in [2.24, 2.45) is 0 Å². The Morgan fingerprint density at radius 2 is 2.03 bits per heavy atom. The Kier molecular flexibility index (Phi) is 5.99. The van der Waals surface area contributed by atoms with Crippen molar-refractivity contribution in [3.63, 3.8) is 0 Å². The Morgan fingerprint density at radius 3 is 2.76 bits per heavy atom. The summed E-state index contributed by atoms with van der Waals surface area (Å²) in [5.74, 6) is 5.32. The summed E-state index contributed by atoms with van der Waals surface area (Å²) in [5, 5.41) is 16.5. The van der Waals surface area contributed by atoms with E-state index in [0.717, 1.165) is 0 Å². The van der Waals surface area contributed by atoms with E-state index in [4.69, 9.17) is 4.74 Å². The lowest BCUT2D eigenvalue weighted by molar-refractivity contribution is -0.110. The number of carbonyl (C=O) groups excluding carboxylic acids is 1. The summed E-state index contributed by atoms with van der Waals surface area (Å²) in [4.78, 5) is 15.5. The average Bonchev–Trinajstić information content (AvgIpc) is 3.26. The van der Waals surface area contributed by atoms with Gasteiger partial charge in [-0.05, 0) is 50.2 Å². The van der Waals surface area contributed by atoms with Crippen molar-refractivity contribution in [3.8, 4) is 17.6 Å². The summed E-state index contributed by atoms with van der Waals surface area (Å²) >= 11 is 0. The summed E-state index contributed by atoms with van der Waals surface area (Å²) in [6.45, 7) is 1.30. The minimum atomic E-state index is -1.16. The largest absolute Gasteiger partial charge is 0.495 e. The predicted molar refractivity (Wildman–Crippen MR) is 111 cm³/mol. The normalized spacial score (nSPS) is 18.3. The van der Waals surface area contributed by atoms with Crippen molar-refractivity contribution in [3.05, 3.63) is 47.0 Å². The molecule has 0 unspecified atom stereocenters. The van der Waals surface area contributed by atoms with Gasteiger partial charge in [-0.3, -0.25) is 4.79 Å². The molecule has 0 bridgehead atoms. The molecule has 0 saturated carbocycles. The highest BCUT2D eigenvalue weighted by atomic mass is 35.5. The topological polar surface area (TPSA) is 86.4 Å². The van der Waals surface area contributed by atoms with E-state index in [2.05, 4.69) is 27.5 Å². The van der Waals surface area contributed by atoms with Crippen LogP contribution in [0.5, 0.6) is 5.75 Å². The molecule has 3 heterocycles. The van der Waals surface area contributed by atoms with Crippen LogP contribution in [0.15, 0.2) is 24.4 Å². The van der Waals surface area contributed by atoms with Crippen molar-refractivity contribution < 1.29 is 19.0 Å². The number of H-pyrrole nitrogens is 1. The van der Waals surface area contributed by atoms with Crippen molar-refractivity contribution in [1.29, 1.82) is 0 Å². The van der Waals surface area contributed by atoms with Crippen LogP contribution in [0.1, 0.15) is 29.7 Å². The number of carbonyl (C=O) groups is 1. The first-order valence-corrected chi connectivity index (χ1v) is 9.04. The molecule has 0 spiro atoms. The summed E-state index contributed by atoms with van der Waals surface area (Å²) < 4.78 is 19.9. The van der Waals surface area contributed by atoms with E-state index in [1.807, 2.05) is 0 Å². The molecule has 0 aliphatic carbocycles. The summed E-state index contributed by atoms with van der Waals surface area (Å²) in [7, 11) is 1.53. The van der Waals surface area contributed by atoms with Gasteiger partial charge in [0.25, 0.3) is 5.91 Å². The number of hydrogen-bond donors (Lipinski definition) is 4.